The van der Waals surface area contributed by atoms with Crippen LogP contribution < -0.4 is 5.32 Å². The number of ether oxygens (including phenoxy) is 1. The Morgan fingerprint density at radius 1 is 1.38 bits per heavy atom. The Bertz CT molecular complexity index is 468. The summed E-state index contributed by atoms with van der Waals surface area (Å²) in [5, 5.41) is 3.33. The van der Waals surface area contributed by atoms with Crippen LogP contribution in [0.15, 0.2) is 12.4 Å². The molecule has 3 rings (SSSR count). The van der Waals surface area contributed by atoms with E-state index in [2.05, 4.69) is 34.0 Å². The van der Waals surface area contributed by atoms with Gasteiger partial charge in [-0.2, -0.15) is 0 Å². The summed E-state index contributed by atoms with van der Waals surface area (Å²) in [4.78, 5) is 11.1. The van der Waals surface area contributed by atoms with Gasteiger partial charge in [0.2, 0.25) is 5.95 Å². The number of nitrogens with zero attached hydrogens (tertiary/aromatic N) is 3. The number of nitrogens with one attached hydrogen (secondary N) is 1. The Kier molecular flexibility index (Phi) is 4.13. The van der Waals surface area contributed by atoms with Crippen molar-refractivity contribution in [1.29, 1.82) is 0 Å². The number of hydrogen-bond acceptors (Lipinski definition) is 5. The number of rotatable bonds is 5. The van der Waals surface area contributed by atoms with Crippen LogP contribution in [-0.2, 0) is 4.74 Å². The fourth-order valence-corrected chi connectivity index (χ4v) is 3.39. The molecule has 0 unspecified atom stereocenters. The number of aryl methyl sites for hydroxylation is 1. The van der Waals surface area contributed by atoms with E-state index in [0.29, 0.717) is 12.0 Å². The van der Waals surface area contributed by atoms with Crippen LogP contribution >= 0.6 is 0 Å². The molecule has 0 bridgehead atoms. The average molecular weight is 290 g/mol. The first kappa shape index (κ1) is 14.7. The van der Waals surface area contributed by atoms with Gasteiger partial charge in [0.25, 0.3) is 0 Å². The van der Waals surface area contributed by atoms with E-state index in [1.807, 2.05) is 19.3 Å². The molecular formula is C16H26N4O. The molecule has 2 fully saturated rings. The van der Waals surface area contributed by atoms with E-state index in [0.717, 1.165) is 44.2 Å². The lowest BCUT2D eigenvalue weighted by Gasteiger charge is -2.52. The molecule has 2 aliphatic rings. The van der Waals surface area contributed by atoms with Crippen molar-refractivity contribution < 1.29 is 4.74 Å². The molecule has 3 heterocycles. The summed E-state index contributed by atoms with van der Waals surface area (Å²) in [7, 11) is 0. The quantitative estimate of drug-likeness (QED) is 0.900. The normalized spacial score (nSPS) is 24.5. The molecule has 1 aromatic heterocycles. The molecule has 1 atom stereocenters. The molecule has 2 aliphatic heterocycles. The number of aromatic nitrogens is 2. The maximum atomic E-state index is 6.09. The third kappa shape index (κ3) is 3.04. The summed E-state index contributed by atoms with van der Waals surface area (Å²) in [6.45, 7) is 10.5. The summed E-state index contributed by atoms with van der Waals surface area (Å²) < 4.78 is 6.09. The highest BCUT2D eigenvalue weighted by Crippen LogP contribution is 2.42. The highest BCUT2D eigenvalue weighted by atomic mass is 16.5. The highest BCUT2D eigenvalue weighted by Gasteiger charge is 2.52. The molecule has 0 aromatic carbocycles. The monoisotopic (exact) mass is 290 g/mol. The Morgan fingerprint density at radius 2 is 2.10 bits per heavy atom. The molecule has 5 heteroatoms. The SMILES string of the molecule is Cc1cnc(NCC[C@H]2CCOC23CN(C(C)C)C3)nc1. The van der Waals surface area contributed by atoms with E-state index in [9.17, 15) is 0 Å². The van der Waals surface area contributed by atoms with Gasteiger partial charge in [-0.3, -0.25) is 4.90 Å². The highest BCUT2D eigenvalue weighted by molar-refractivity contribution is 5.24. The lowest BCUT2D eigenvalue weighted by atomic mass is 9.78. The van der Waals surface area contributed by atoms with Gasteiger partial charge in [-0.15, -0.1) is 0 Å². The van der Waals surface area contributed by atoms with Crippen molar-refractivity contribution in [2.45, 2.75) is 45.3 Å². The molecule has 1 spiro atoms. The van der Waals surface area contributed by atoms with Crippen LogP contribution in [0.2, 0.25) is 0 Å². The average Bonchev–Trinajstić information content (AvgIpc) is 2.83. The van der Waals surface area contributed by atoms with Crippen molar-refractivity contribution in [2.75, 3.05) is 31.6 Å². The second-order valence-corrected chi connectivity index (χ2v) is 6.70. The van der Waals surface area contributed by atoms with E-state index in [1.54, 1.807) is 0 Å². The minimum absolute atomic E-state index is 0.125. The predicted molar refractivity (Wildman–Crippen MR) is 83.4 cm³/mol. The first-order valence-corrected chi connectivity index (χ1v) is 7.99. The van der Waals surface area contributed by atoms with Gasteiger partial charge in [-0.25, -0.2) is 9.97 Å². The molecule has 0 saturated carbocycles. The van der Waals surface area contributed by atoms with Gasteiger partial charge in [0, 0.05) is 44.7 Å². The van der Waals surface area contributed by atoms with Crippen molar-refractivity contribution in [2.24, 2.45) is 5.92 Å². The van der Waals surface area contributed by atoms with Gasteiger partial charge in [0.15, 0.2) is 0 Å². The molecule has 0 radical (unpaired) electrons. The molecule has 5 nitrogen and oxygen atoms in total. The third-order valence-electron chi connectivity index (χ3n) is 4.83. The molecule has 21 heavy (non-hydrogen) atoms. The van der Waals surface area contributed by atoms with E-state index >= 15 is 0 Å². The van der Waals surface area contributed by atoms with Crippen molar-refractivity contribution in [1.82, 2.24) is 14.9 Å². The second-order valence-electron chi connectivity index (χ2n) is 6.70. The lowest BCUT2D eigenvalue weighted by molar-refractivity contribution is -0.143. The van der Waals surface area contributed by atoms with Crippen molar-refractivity contribution in [3.63, 3.8) is 0 Å². The maximum absolute atomic E-state index is 6.09. The largest absolute Gasteiger partial charge is 0.372 e. The molecule has 1 aromatic rings. The molecule has 0 aliphatic carbocycles. The Balaban J connectivity index is 1.48. The summed E-state index contributed by atoms with van der Waals surface area (Å²) >= 11 is 0. The fourth-order valence-electron chi connectivity index (χ4n) is 3.39. The lowest BCUT2D eigenvalue weighted by Crippen LogP contribution is -2.66. The molecule has 0 amide bonds. The van der Waals surface area contributed by atoms with Crippen LogP contribution in [0.25, 0.3) is 0 Å². The van der Waals surface area contributed by atoms with Crippen LogP contribution in [0.1, 0.15) is 32.3 Å². The van der Waals surface area contributed by atoms with Gasteiger partial charge in [-0.1, -0.05) is 0 Å². The van der Waals surface area contributed by atoms with Crippen LogP contribution in [0.4, 0.5) is 5.95 Å². The van der Waals surface area contributed by atoms with Crippen molar-refractivity contribution >= 4 is 5.95 Å². The number of likely N-dealkylation sites (tertiary alicyclic amines) is 1. The Labute approximate surface area is 127 Å². The fraction of sp³-hybridized carbons (Fsp3) is 0.750. The minimum Gasteiger partial charge on any atom is -0.372 e. The summed E-state index contributed by atoms with van der Waals surface area (Å²) in [5.41, 5.74) is 1.21. The topological polar surface area (TPSA) is 50.3 Å². The third-order valence-corrected chi connectivity index (χ3v) is 4.83. The van der Waals surface area contributed by atoms with Crippen molar-refractivity contribution in [3.05, 3.63) is 18.0 Å². The molecule has 2 saturated heterocycles. The van der Waals surface area contributed by atoms with Gasteiger partial charge >= 0.3 is 0 Å². The first-order chi connectivity index (χ1) is 10.1. The smallest absolute Gasteiger partial charge is 0.222 e. The zero-order valence-corrected chi connectivity index (χ0v) is 13.3. The van der Waals surface area contributed by atoms with E-state index in [-0.39, 0.29) is 5.60 Å². The Hall–Kier alpha value is -1.20. The van der Waals surface area contributed by atoms with Gasteiger partial charge in [0.05, 0.1) is 5.60 Å². The summed E-state index contributed by atoms with van der Waals surface area (Å²) in [5.74, 6) is 1.39. The molecule has 1 N–H and O–H groups in total. The van der Waals surface area contributed by atoms with Crippen LogP contribution in [0.3, 0.4) is 0 Å². The zero-order valence-electron chi connectivity index (χ0n) is 13.3. The van der Waals surface area contributed by atoms with Crippen LogP contribution in [0, 0.1) is 12.8 Å². The second kappa shape index (κ2) is 5.89. The summed E-state index contributed by atoms with van der Waals surface area (Å²) in [6.07, 6.45) is 6.01. The first-order valence-electron chi connectivity index (χ1n) is 7.99. The summed E-state index contributed by atoms with van der Waals surface area (Å²) in [6, 6.07) is 0.625. The number of anilines is 1. The van der Waals surface area contributed by atoms with Crippen LogP contribution in [0.5, 0.6) is 0 Å². The van der Waals surface area contributed by atoms with E-state index < -0.39 is 0 Å². The van der Waals surface area contributed by atoms with Crippen molar-refractivity contribution in [3.8, 4) is 0 Å². The molecular weight excluding hydrogens is 264 g/mol. The van der Waals surface area contributed by atoms with Gasteiger partial charge in [0.1, 0.15) is 0 Å². The van der Waals surface area contributed by atoms with Gasteiger partial charge in [-0.05, 0) is 45.1 Å². The van der Waals surface area contributed by atoms with Gasteiger partial charge < -0.3 is 10.1 Å². The van der Waals surface area contributed by atoms with Crippen LogP contribution in [-0.4, -0.2) is 52.8 Å². The van der Waals surface area contributed by atoms with E-state index in [1.165, 1.54) is 6.42 Å². The Morgan fingerprint density at radius 3 is 2.76 bits per heavy atom. The predicted octanol–water partition coefficient (Wildman–Crippen LogP) is 2.09. The zero-order chi connectivity index (χ0) is 14.9. The minimum atomic E-state index is 0.125. The standard InChI is InChI=1S/C16H26N4O/c1-12(2)20-10-16(11-20)14(5-7-21-16)4-6-17-15-18-8-13(3)9-19-15/h8-9,12,14H,4-7,10-11H2,1-3H3,(H,17,18,19)/t14-/m0/s1. The van der Waals surface area contributed by atoms with E-state index in [4.69, 9.17) is 4.74 Å². The molecule has 116 valence electrons. The maximum Gasteiger partial charge on any atom is 0.222 e. The number of hydrogen-bond donors (Lipinski definition) is 1.